The van der Waals surface area contributed by atoms with Gasteiger partial charge >= 0.3 is 0 Å². The highest BCUT2D eigenvalue weighted by Crippen LogP contribution is 2.07. The van der Waals surface area contributed by atoms with Crippen LogP contribution in [0.1, 0.15) is 24.7 Å². The zero-order chi connectivity index (χ0) is 13.8. The Balaban J connectivity index is 1.68. The van der Waals surface area contributed by atoms with Crippen molar-refractivity contribution in [2.24, 2.45) is 0 Å². The number of fused-ring (bicyclic) bond motifs is 1. The number of hydrogen-bond donors (Lipinski definition) is 1. The van der Waals surface area contributed by atoms with Crippen molar-refractivity contribution in [3.63, 3.8) is 0 Å². The Hall–Kier alpha value is -2.14. The Morgan fingerprint density at radius 1 is 1.20 bits per heavy atom. The summed E-state index contributed by atoms with van der Waals surface area (Å²) in [5.41, 5.74) is 3.09. The number of nitrogens with one attached hydrogen (secondary N) is 1. The molecule has 0 atom stereocenters. The van der Waals surface area contributed by atoms with Crippen LogP contribution in [0.5, 0.6) is 0 Å². The van der Waals surface area contributed by atoms with Gasteiger partial charge in [-0.3, -0.25) is 0 Å². The predicted molar refractivity (Wildman–Crippen MR) is 78.5 cm³/mol. The molecular formula is C15H19N5. The van der Waals surface area contributed by atoms with E-state index in [0.29, 0.717) is 0 Å². The van der Waals surface area contributed by atoms with Crippen LogP contribution in [0.3, 0.4) is 0 Å². The molecule has 0 radical (unpaired) electrons. The highest BCUT2D eigenvalue weighted by Gasteiger charge is 2.03. The third-order valence-corrected chi connectivity index (χ3v) is 3.18. The van der Waals surface area contributed by atoms with E-state index in [1.54, 1.807) is 0 Å². The summed E-state index contributed by atoms with van der Waals surface area (Å²) in [5.74, 6) is 0. The lowest BCUT2D eigenvalue weighted by Crippen LogP contribution is -2.13. The molecule has 5 heteroatoms. The molecule has 3 heterocycles. The van der Waals surface area contributed by atoms with E-state index in [0.717, 1.165) is 43.1 Å². The summed E-state index contributed by atoms with van der Waals surface area (Å²) < 4.78 is 4.11. The Bertz CT molecular complexity index is 649. The molecule has 3 rings (SSSR count). The third kappa shape index (κ3) is 2.88. The maximum atomic E-state index is 4.59. The first-order chi connectivity index (χ1) is 9.85. The Labute approximate surface area is 118 Å². The Morgan fingerprint density at radius 3 is 3.00 bits per heavy atom. The van der Waals surface area contributed by atoms with Crippen LogP contribution in [0.15, 0.2) is 43.1 Å². The van der Waals surface area contributed by atoms with E-state index in [2.05, 4.69) is 39.2 Å². The van der Waals surface area contributed by atoms with Gasteiger partial charge in [0.2, 0.25) is 0 Å². The summed E-state index contributed by atoms with van der Waals surface area (Å²) >= 11 is 0. The number of imidazole rings is 2. The summed E-state index contributed by atoms with van der Waals surface area (Å²) in [4.78, 5) is 9.00. The summed E-state index contributed by atoms with van der Waals surface area (Å²) in [6.07, 6.45) is 9.16. The van der Waals surface area contributed by atoms with Gasteiger partial charge in [0.25, 0.3) is 0 Å². The summed E-state index contributed by atoms with van der Waals surface area (Å²) in [7, 11) is 0. The van der Waals surface area contributed by atoms with Gasteiger partial charge in [-0.15, -0.1) is 0 Å². The van der Waals surface area contributed by atoms with Crippen LogP contribution in [0.4, 0.5) is 0 Å². The van der Waals surface area contributed by atoms with E-state index in [9.17, 15) is 0 Å². The molecule has 3 aromatic heterocycles. The number of pyridine rings is 1. The lowest BCUT2D eigenvalue weighted by atomic mass is 10.4. The van der Waals surface area contributed by atoms with Crippen molar-refractivity contribution in [1.29, 1.82) is 0 Å². The van der Waals surface area contributed by atoms with Gasteiger partial charge < -0.3 is 14.3 Å². The average Bonchev–Trinajstić information content (AvgIpc) is 3.05. The summed E-state index contributed by atoms with van der Waals surface area (Å²) in [6, 6.07) is 6.02. The third-order valence-electron chi connectivity index (χ3n) is 3.18. The molecule has 0 aliphatic heterocycles. The van der Waals surface area contributed by atoms with Crippen LogP contribution < -0.4 is 5.32 Å². The first-order valence-electron chi connectivity index (χ1n) is 6.99. The fraction of sp³-hybridized carbons (Fsp3) is 0.333. The van der Waals surface area contributed by atoms with Crippen LogP contribution in [-0.2, 0) is 13.1 Å². The lowest BCUT2D eigenvalue weighted by molar-refractivity contribution is 0.665. The van der Waals surface area contributed by atoms with Gasteiger partial charge in [0.15, 0.2) is 0 Å². The molecule has 0 aliphatic rings. The van der Waals surface area contributed by atoms with Gasteiger partial charge in [0.1, 0.15) is 5.65 Å². The van der Waals surface area contributed by atoms with Gasteiger partial charge in [-0.05, 0) is 25.1 Å². The molecule has 20 heavy (non-hydrogen) atoms. The van der Waals surface area contributed by atoms with Gasteiger partial charge in [0.05, 0.1) is 24.3 Å². The van der Waals surface area contributed by atoms with Gasteiger partial charge in [-0.1, -0.05) is 13.0 Å². The van der Waals surface area contributed by atoms with E-state index in [1.165, 1.54) is 0 Å². The number of nitrogens with zero attached hydrogens (tertiary/aromatic N) is 4. The van der Waals surface area contributed by atoms with E-state index in [-0.39, 0.29) is 0 Å². The normalized spacial score (nSPS) is 11.2. The highest BCUT2D eigenvalue weighted by atomic mass is 15.1. The fourth-order valence-electron chi connectivity index (χ4n) is 2.23. The summed E-state index contributed by atoms with van der Waals surface area (Å²) in [5, 5.41) is 3.35. The average molecular weight is 269 g/mol. The quantitative estimate of drug-likeness (QED) is 0.697. The molecule has 0 aromatic carbocycles. The number of hydrogen-bond acceptors (Lipinski definition) is 3. The SMILES string of the molecule is CCCNCc1cn(Cc2cn3ccccc3n2)cn1. The standard InChI is InChI=1S/C15H19N5/c1-2-6-16-8-13-9-19(12-17-13)10-14-11-20-7-4-3-5-15(20)18-14/h3-5,7,9,11-12,16H,2,6,8,10H2,1H3. The second kappa shape index (κ2) is 5.88. The molecule has 0 bridgehead atoms. The molecule has 1 N–H and O–H groups in total. The monoisotopic (exact) mass is 269 g/mol. The topological polar surface area (TPSA) is 47.2 Å². The van der Waals surface area contributed by atoms with E-state index in [4.69, 9.17) is 0 Å². The Morgan fingerprint density at radius 2 is 2.15 bits per heavy atom. The second-order valence-corrected chi connectivity index (χ2v) is 4.91. The van der Waals surface area contributed by atoms with Gasteiger partial charge in [-0.2, -0.15) is 0 Å². The predicted octanol–water partition coefficient (Wildman–Crippen LogP) is 2.08. The minimum atomic E-state index is 0.752. The molecule has 0 unspecified atom stereocenters. The van der Waals surface area contributed by atoms with E-state index >= 15 is 0 Å². The smallest absolute Gasteiger partial charge is 0.137 e. The second-order valence-electron chi connectivity index (χ2n) is 4.91. The van der Waals surface area contributed by atoms with Gasteiger partial charge in [0, 0.05) is 25.1 Å². The molecule has 0 saturated heterocycles. The van der Waals surface area contributed by atoms with E-state index < -0.39 is 0 Å². The molecule has 0 aliphatic carbocycles. The van der Waals surface area contributed by atoms with Crippen LogP contribution in [0.2, 0.25) is 0 Å². The van der Waals surface area contributed by atoms with Crippen molar-refractivity contribution in [1.82, 2.24) is 24.3 Å². The molecule has 0 amide bonds. The zero-order valence-corrected chi connectivity index (χ0v) is 11.7. The first kappa shape index (κ1) is 12.9. The Kier molecular flexibility index (Phi) is 3.78. The maximum absolute atomic E-state index is 4.59. The minimum absolute atomic E-state index is 0.752. The molecule has 5 nitrogen and oxygen atoms in total. The van der Waals surface area contributed by atoms with Crippen molar-refractivity contribution < 1.29 is 0 Å². The van der Waals surface area contributed by atoms with Crippen LogP contribution >= 0.6 is 0 Å². The first-order valence-corrected chi connectivity index (χ1v) is 6.99. The molecular weight excluding hydrogens is 250 g/mol. The molecule has 0 fully saturated rings. The molecule has 0 saturated carbocycles. The van der Waals surface area contributed by atoms with Gasteiger partial charge in [-0.25, -0.2) is 9.97 Å². The van der Waals surface area contributed by atoms with Crippen molar-refractivity contribution in [2.45, 2.75) is 26.4 Å². The van der Waals surface area contributed by atoms with Crippen molar-refractivity contribution in [2.75, 3.05) is 6.54 Å². The highest BCUT2D eigenvalue weighted by molar-refractivity contribution is 5.39. The minimum Gasteiger partial charge on any atom is -0.331 e. The van der Waals surface area contributed by atoms with Crippen LogP contribution in [0.25, 0.3) is 5.65 Å². The molecule has 104 valence electrons. The maximum Gasteiger partial charge on any atom is 0.137 e. The van der Waals surface area contributed by atoms with Crippen molar-refractivity contribution in [3.8, 4) is 0 Å². The van der Waals surface area contributed by atoms with Crippen LogP contribution in [-0.4, -0.2) is 25.5 Å². The van der Waals surface area contributed by atoms with Crippen molar-refractivity contribution in [3.05, 3.63) is 54.5 Å². The number of aromatic nitrogens is 4. The largest absolute Gasteiger partial charge is 0.331 e. The summed E-state index contributed by atoms with van der Waals surface area (Å²) in [6.45, 7) is 4.77. The van der Waals surface area contributed by atoms with Crippen LogP contribution in [0, 0.1) is 0 Å². The number of rotatable bonds is 6. The van der Waals surface area contributed by atoms with E-state index in [1.807, 2.05) is 35.1 Å². The molecule has 0 spiro atoms. The lowest BCUT2D eigenvalue weighted by Gasteiger charge is -1.99. The fourth-order valence-corrected chi connectivity index (χ4v) is 2.23. The zero-order valence-electron chi connectivity index (χ0n) is 11.7. The molecule has 3 aromatic rings. The van der Waals surface area contributed by atoms with Crippen molar-refractivity contribution >= 4 is 5.65 Å².